The van der Waals surface area contributed by atoms with Crippen LogP contribution in [-0.4, -0.2) is 29.6 Å². The lowest BCUT2D eigenvalue weighted by Crippen LogP contribution is -2.35. The van der Waals surface area contributed by atoms with Gasteiger partial charge in [-0.05, 0) is 29.7 Å². The average molecular weight is 235 g/mol. The maximum absolute atomic E-state index is 11.6. The van der Waals surface area contributed by atoms with Crippen LogP contribution in [-0.2, 0) is 17.8 Å². The Morgan fingerprint density at radius 2 is 2.24 bits per heavy atom. The number of aromatic hydroxyl groups is 1. The number of nitrogens with zero attached hydrogens (tertiary/aromatic N) is 1. The van der Waals surface area contributed by atoms with Crippen LogP contribution in [0.25, 0.3) is 0 Å². The fraction of sp³-hybridized carbons (Fsp3) is 0.462. The summed E-state index contributed by atoms with van der Waals surface area (Å²) in [6.45, 7) is 3.21. The summed E-state index contributed by atoms with van der Waals surface area (Å²) in [5.74, 6) is 0.804. The van der Waals surface area contributed by atoms with Gasteiger partial charge >= 0.3 is 0 Å². The van der Waals surface area contributed by atoms with Crippen molar-refractivity contribution in [3.8, 4) is 11.5 Å². The molecule has 1 amide bonds. The number of rotatable bonds is 2. The number of phenolic OH excluding ortho intramolecular Hbond substituents is 1. The molecule has 1 N–H and O–H groups in total. The monoisotopic (exact) mass is 235 g/mol. The molecule has 2 rings (SSSR count). The Bertz CT molecular complexity index is 443. The van der Waals surface area contributed by atoms with Gasteiger partial charge in [-0.1, -0.05) is 6.92 Å². The third kappa shape index (κ3) is 2.20. The molecule has 17 heavy (non-hydrogen) atoms. The van der Waals surface area contributed by atoms with Crippen molar-refractivity contribution in [1.29, 1.82) is 0 Å². The van der Waals surface area contributed by atoms with Crippen LogP contribution in [0.1, 0.15) is 24.5 Å². The number of ether oxygens (including phenoxy) is 1. The minimum atomic E-state index is 0.168. The second-order valence-electron chi connectivity index (χ2n) is 4.21. The van der Waals surface area contributed by atoms with Gasteiger partial charge in [-0.3, -0.25) is 4.79 Å². The Morgan fingerprint density at radius 1 is 1.47 bits per heavy atom. The molecule has 1 heterocycles. The summed E-state index contributed by atoms with van der Waals surface area (Å²) in [7, 11) is 1.53. The molecule has 0 radical (unpaired) electrons. The molecular formula is C13H17NO3. The molecule has 0 bridgehead atoms. The third-order valence-corrected chi connectivity index (χ3v) is 3.17. The highest BCUT2D eigenvalue weighted by Crippen LogP contribution is 2.32. The predicted octanol–water partition coefficient (Wildman–Crippen LogP) is 1.70. The Kier molecular flexibility index (Phi) is 3.22. The molecule has 0 saturated carbocycles. The van der Waals surface area contributed by atoms with Crippen LogP contribution < -0.4 is 4.74 Å². The van der Waals surface area contributed by atoms with E-state index < -0.39 is 0 Å². The summed E-state index contributed by atoms with van der Waals surface area (Å²) < 4.78 is 5.08. The van der Waals surface area contributed by atoms with Gasteiger partial charge in [0, 0.05) is 19.5 Å². The fourth-order valence-electron chi connectivity index (χ4n) is 2.17. The fourth-order valence-corrected chi connectivity index (χ4v) is 2.17. The lowest BCUT2D eigenvalue weighted by atomic mass is 9.98. The molecule has 0 spiro atoms. The van der Waals surface area contributed by atoms with Crippen molar-refractivity contribution >= 4 is 5.91 Å². The molecule has 1 aliphatic rings. The molecule has 4 heteroatoms. The Morgan fingerprint density at radius 3 is 2.88 bits per heavy atom. The zero-order valence-electron chi connectivity index (χ0n) is 10.2. The summed E-state index contributed by atoms with van der Waals surface area (Å²) in [6.07, 6.45) is 1.32. The first-order valence-electron chi connectivity index (χ1n) is 5.82. The first kappa shape index (κ1) is 11.8. The van der Waals surface area contributed by atoms with Crippen molar-refractivity contribution in [2.75, 3.05) is 13.7 Å². The van der Waals surface area contributed by atoms with Gasteiger partial charge in [-0.2, -0.15) is 0 Å². The van der Waals surface area contributed by atoms with Gasteiger partial charge in [-0.15, -0.1) is 0 Å². The van der Waals surface area contributed by atoms with E-state index in [9.17, 15) is 9.90 Å². The van der Waals surface area contributed by atoms with Crippen molar-refractivity contribution in [1.82, 2.24) is 4.90 Å². The topological polar surface area (TPSA) is 49.8 Å². The molecular weight excluding hydrogens is 218 g/mol. The zero-order valence-corrected chi connectivity index (χ0v) is 10.2. The van der Waals surface area contributed by atoms with Crippen LogP contribution in [0, 0.1) is 0 Å². The quantitative estimate of drug-likeness (QED) is 0.848. The van der Waals surface area contributed by atoms with Crippen molar-refractivity contribution in [2.24, 2.45) is 0 Å². The van der Waals surface area contributed by atoms with Crippen molar-refractivity contribution in [3.05, 3.63) is 23.3 Å². The van der Waals surface area contributed by atoms with Gasteiger partial charge in [0.15, 0.2) is 11.5 Å². The van der Waals surface area contributed by atoms with Crippen LogP contribution >= 0.6 is 0 Å². The molecule has 0 fully saturated rings. The van der Waals surface area contributed by atoms with Crippen LogP contribution in [0.3, 0.4) is 0 Å². The van der Waals surface area contributed by atoms with E-state index >= 15 is 0 Å². The molecule has 0 atom stereocenters. The number of amides is 1. The normalized spacial score (nSPS) is 14.4. The summed E-state index contributed by atoms with van der Waals surface area (Å²) in [5, 5.41) is 9.68. The second-order valence-corrected chi connectivity index (χ2v) is 4.21. The van der Waals surface area contributed by atoms with E-state index in [-0.39, 0.29) is 11.7 Å². The summed E-state index contributed by atoms with van der Waals surface area (Å²) >= 11 is 0. The largest absolute Gasteiger partial charge is 0.504 e. The van der Waals surface area contributed by atoms with Crippen molar-refractivity contribution < 1.29 is 14.6 Å². The maximum atomic E-state index is 11.6. The second kappa shape index (κ2) is 4.65. The van der Waals surface area contributed by atoms with Crippen molar-refractivity contribution in [2.45, 2.75) is 26.3 Å². The number of hydrogen-bond donors (Lipinski definition) is 1. The molecule has 1 aromatic rings. The molecule has 4 nitrogen and oxygen atoms in total. The first-order chi connectivity index (χ1) is 8.15. The van der Waals surface area contributed by atoms with Gasteiger partial charge < -0.3 is 14.7 Å². The lowest BCUT2D eigenvalue weighted by molar-refractivity contribution is -0.131. The van der Waals surface area contributed by atoms with Gasteiger partial charge in [0.2, 0.25) is 5.91 Å². The predicted molar refractivity (Wildman–Crippen MR) is 64.1 cm³/mol. The first-order valence-corrected chi connectivity index (χ1v) is 5.82. The van der Waals surface area contributed by atoms with E-state index in [0.29, 0.717) is 18.7 Å². The molecule has 0 aromatic heterocycles. The number of hydrogen-bond acceptors (Lipinski definition) is 3. The third-order valence-electron chi connectivity index (χ3n) is 3.17. The SMILES string of the molecule is CCC(=O)N1CCc2cc(O)c(OC)cc2C1. The maximum Gasteiger partial charge on any atom is 0.222 e. The van der Waals surface area contributed by atoms with Crippen molar-refractivity contribution in [3.63, 3.8) is 0 Å². The van der Waals surface area contributed by atoms with E-state index in [1.807, 2.05) is 17.9 Å². The number of methoxy groups -OCH3 is 1. The number of carbonyl (C=O) groups excluding carboxylic acids is 1. The molecule has 1 aliphatic heterocycles. The zero-order chi connectivity index (χ0) is 12.4. The van der Waals surface area contributed by atoms with Crippen LogP contribution in [0.4, 0.5) is 0 Å². The highest BCUT2D eigenvalue weighted by molar-refractivity contribution is 5.76. The molecule has 0 aliphatic carbocycles. The highest BCUT2D eigenvalue weighted by atomic mass is 16.5. The Balaban J connectivity index is 2.28. The highest BCUT2D eigenvalue weighted by Gasteiger charge is 2.21. The van der Waals surface area contributed by atoms with E-state index in [4.69, 9.17) is 4.74 Å². The van der Waals surface area contributed by atoms with Gasteiger partial charge in [0.25, 0.3) is 0 Å². The molecule has 1 aromatic carbocycles. The number of phenols is 1. The smallest absolute Gasteiger partial charge is 0.222 e. The van der Waals surface area contributed by atoms with Crippen LogP contribution in [0.2, 0.25) is 0 Å². The van der Waals surface area contributed by atoms with Gasteiger partial charge in [0.1, 0.15) is 0 Å². The Hall–Kier alpha value is -1.71. The molecule has 0 saturated heterocycles. The lowest BCUT2D eigenvalue weighted by Gasteiger charge is -2.29. The van der Waals surface area contributed by atoms with E-state index in [0.717, 1.165) is 24.1 Å². The molecule has 0 unspecified atom stereocenters. The van der Waals surface area contributed by atoms with Gasteiger partial charge in [0.05, 0.1) is 7.11 Å². The standard InChI is InChI=1S/C13H17NO3/c1-3-13(16)14-5-4-9-6-11(15)12(17-2)7-10(9)8-14/h6-7,15H,3-5,8H2,1-2H3. The molecule has 92 valence electrons. The Labute approximate surface area is 101 Å². The summed E-state index contributed by atoms with van der Waals surface area (Å²) in [4.78, 5) is 13.5. The minimum absolute atomic E-state index is 0.168. The average Bonchev–Trinajstić information content (AvgIpc) is 2.36. The van der Waals surface area contributed by atoms with E-state index in [2.05, 4.69) is 0 Å². The number of carbonyl (C=O) groups is 1. The van der Waals surface area contributed by atoms with Crippen LogP contribution in [0.15, 0.2) is 12.1 Å². The number of fused-ring (bicyclic) bond motifs is 1. The minimum Gasteiger partial charge on any atom is -0.504 e. The van der Waals surface area contributed by atoms with E-state index in [1.54, 1.807) is 6.07 Å². The van der Waals surface area contributed by atoms with Crippen LogP contribution in [0.5, 0.6) is 11.5 Å². The number of benzene rings is 1. The van der Waals surface area contributed by atoms with E-state index in [1.165, 1.54) is 7.11 Å². The summed E-state index contributed by atoms with van der Waals surface area (Å²) in [6, 6.07) is 3.56. The summed E-state index contributed by atoms with van der Waals surface area (Å²) in [5.41, 5.74) is 2.16. The van der Waals surface area contributed by atoms with Gasteiger partial charge in [-0.25, -0.2) is 0 Å².